The highest BCUT2D eigenvalue weighted by atomic mass is 35.5. The molecule has 3 aromatic rings. The zero-order valence-electron chi connectivity index (χ0n) is 13.3. The Morgan fingerprint density at radius 3 is 2.88 bits per heavy atom. The molecule has 0 amide bonds. The predicted octanol–water partition coefficient (Wildman–Crippen LogP) is 3.08. The maximum atomic E-state index is 14.1. The first-order chi connectivity index (χ1) is 12.0. The summed E-state index contributed by atoms with van der Waals surface area (Å²) >= 11 is 5.92. The molecule has 0 spiro atoms. The van der Waals surface area contributed by atoms with E-state index in [4.69, 9.17) is 16.3 Å². The molecule has 0 fully saturated rings. The number of aromatic amines is 1. The minimum absolute atomic E-state index is 0.102. The lowest BCUT2D eigenvalue weighted by molar-refractivity contribution is 0.413. The number of aromatic nitrogens is 4. The third-order valence-corrected chi connectivity index (χ3v) is 3.56. The first-order valence-electron chi connectivity index (χ1n) is 7.17. The van der Waals surface area contributed by atoms with Gasteiger partial charge in [-0.05, 0) is 31.2 Å². The number of methoxy groups -OCH3 is 1. The summed E-state index contributed by atoms with van der Waals surface area (Å²) in [5.41, 5.74) is 0.540. The Kier molecular flexibility index (Phi) is 4.62. The first-order valence-corrected chi connectivity index (χ1v) is 7.55. The summed E-state index contributed by atoms with van der Waals surface area (Å²) in [7, 11) is 1.44. The Balaban J connectivity index is 2.08. The highest BCUT2D eigenvalue weighted by Gasteiger charge is 2.14. The number of halogens is 2. The molecule has 1 aromatic carbocycles. The second-order valence-electron chi connectivity index (χ2n) is 5.11. The van der Waals surface area contributed by atoms with Gasteiger partial charge in [0.2, 0.25) is 0 Å². The Morgan fingerprint density at radius 2 is 2.12 bits per heavy atom. The lowest BCUT2D eigenvalue weighted by Crippen LogP contribution is -2.14. The van der Waals surface area contributed by atoms with Crippen LogP contribution < -0.4 is 15.6 Å². The molecule has 3 rings (SSSR count). The molecule has 7 nitrogen and oxygen atoms in total. The summed E-state index contributed by atoms with van der Waals surface area (Å²) in [6.45, 7) is 1.73. The molecule has 0 radical (unpaired) electrons. The van der Waals surface area contributed by atoms with Crippen molar-refractivity contribution in [2.24, 2.45) is 0 Å². The van der Waals surface area contributed by atoms with Crippen molar-refractivity contribution in [1.29, 1.82) is 0 Å². The molecular weight excluding hydrogens is 349 g/mol. The minimum Gasteiger partial charge on any atom is -0.491 e. The van der Waals surface area contributed by atoms with Gasteiger partial charge in [-0.15, -0.1) is 0 Å². The van der Waals surface area contributed by atoms with Gasteiger partial charge >= 0.3 is 0 Å². The third kappa shape index (κ3) is 3.58. The molecule has 0 aliphatic heterocycles. The lowest BCUT2D eigenvalue weighted by Gasteiger charge is -2.11. The standard InChI is InChI=1S/C16H13ClFN5O2/c1-8-5-12(16(24)23-22-8)20-15-13(25-2)7-19-14(21-15)10-6-9(17)3-4-11(10)18/h3-7H,1-2H3,(H,23,24)(H,19,20,21,22). The number of nitrogens with zero attached hydrogens (tertiary/aromatic N) is 3. The number of hydrogen-bond donors (Lipinski definition) is 2. The van der Waals surface area contributed by atoms with Crippen LogP contribution in [0.5, 0.6) is 5.75 Å². The van der Waals surface area contributed by atoms with E-state index >= 15 is 0 Å². The molecule has 25 heavy (non-hydrogen) atoms. The van der Waals surface area contributed by atoms with Crippen LogP contribution in [0.2, 0.25) is 5.02 Å². The number of hydrogen-bond acceptors (Lipinski definition) is 6. The van der Waals surface area contributed by atoms with Crippen LogP contribution >= 0.6 is 11.6 Å². The fourth-order valence-electron chi connectivity index (χ4n) is 2.13. The minimum atomic E-state index is -0.516. The lowest BCUT2D eigenvalue weighted by atomic mass is 10.2. The summed E-state index contributed by atoms with van der Waals surface area (Å²) in [6, 6.07) is 5.64. The van der Waals surface area contributed by atoms with Crippen molar-refractivity contribution >= 4 is 23.1 Å². The van der Waals surface area contributed by atoms with Crippen LogP contribution in [0, 0.1) is 12.7 Å². The van der Waals surface area contributed by atoms with Crippen molar-refractivity contribution in [3.05, 3.63) is 57.3 Å². The quantitative estimate of drug-likeness (QED) is 0.741. The Hall–Kier alpha value is -3.00. The van der Waals surface area contributed by atoms with Gasteiger partial charge < -0.3 is 10.1 Å². The van der Waals surface area contributed by atoms with Gasteiger partial charge in [0, 0.05) is 5.02 Å². The largest absolute Gasteiger partial charge is 0.491 e. The van der Waals surface area contributed by atoms with Crippen LogP contribution in [0.1, 0.15) is 5.69 Å². The van der Waals surface area contributed by atoms with Crippen molar-refractivity contribution in [1.82, 2.24) is 20.2 Å². The second kappa shape index (κ2) is 6.86. The molecule has 0 unspecified atom stereocenters. The smallest absolute Gasteiger partial charge is 0.287 e. The molecule has 128 valence electrons. The van der Waals surface area contributed by atoms with Gasteiger partial charge in [0.15, 0.2) is 17.4 Å². The molecule has 0 saturated heterocycles. The summed E-state index contributed by atoms with van der Waals surface area (Å²) in [4.78, 5) is 20.2. The van der Waals surface area contributed by atoms with E-state index in [1.807, 2.05) is 0 Å². The average molecular weight is 362 g/mol. The van der Waals surface area contributed by atoms with Crippen molar-refractivity contribution in [3.63, 3.8) is 0 Å². The maximum absolute atomic E-state index is 14.1. The molecule has 0 aliphatic carbocycles. The van der Waals surface area contributed by atoms with E-state index in [1.54, 1.807) is 13.0 Å². The zero-order valence-corrected chi connectivity index (χ0v) is 14.1. The predicted molar refractivity (Wildman–Crippen MR) is 91.9 cm³/mol. The van der Waals surface area contributed by atoms with Crippen LogP contribution in [0.25, 0.3) is 11.4 Å². The Morgan fingerprint density at radius 1 is 1.32 bits per heavy atom. The second-order valence-corrected chi connectivity index (χ2v) is 5.55. The monoisotopic (exact) mass is 361 g/mol. The van der Waals surface area contributed by atoms with E-state index < -0.39 is 11.4 Å². The van der Waals surface area contributed by atoms with E-state index in [0.29, 0.717) is 16.5 Å². The summed E-state index contributed by atoms with van der Waals surface area (Å²) < 4.78 is 19.3. The molecule has 0 bridgehead atoms. The van der Waals surface area contributed by atoms with Gasteiger partial charge in [-0.25, -0.2) is 19.5 Å². The highest BCUT2D eigenvalue weighted by Crippen LogP contribution is 2.29. The van der Waals surface area contributed by atoms with E-state index in [2.05, 4.69) is 25.5 Å². The van der Waals surface area contributed by atoms with E-state index in [0.717, 1.165) is 0 Å². The summed E-state index contributed by atoms with van der Waals surface area (Å²) in [5.74, 6) is 0.0895. The van der Waals surface area contributed by atoms with Crippen molar-refractivity contribution in [2.45, 2.75) is 6.92 Å². The molecule has 0 aliphatic rings. The van der Waals surface area contributed by atoms with Crippen LogP contribution in [-0.4, -0.2) is 27.3 Å². The van der Waals surface area contributed by atoms with Gasteiger partial charge in [0.05, 0.1) is 24.6 Å². The van der Waals surface area contributed by atoms with Crippen molar-refractivity contribution in [3.8, 4) is 17.1 Å². The third-order valence-electron chi connectivity index (χ3n) is 3.33. The Labute approximate surface area is 146 Å². The van der Waals surface area contributed by atoms with E-state index in [1.165, 1.54) is 31.5 Å². The highest BCUT2D eigenvalue weighted by molar-refractivity contribution is 6.30. The van der Waals surface area contributed by atoms with E-state index in [-0.39, 0.29) is 22.9 Å². The van der Waals surface area contributed by atoms with Crippen LogP contribution in [-0.2, 0) is 0 Å². The van der Waals surface area contributed by atoms with E-state index in [9.17, 15) is 9.18 Å². The topological polar surface area (TPSA) is 92.8 Å². The number of benzene rings is 1. The molecule has 0 atom stereocenters. The van der Waals surface area contributed by atoms with Gasteiger partial charge in [-0.2, -0.15) is 5.10 Å². The number of aryl methyl sites for hydroxylation is 1. The molecule has 2 heterocycles. The van der Waals surface area contributed by atoms with Gasteiger partial charge in [-0.1, -0.05) is 11.6 Å². The number of ether oxygens (including phenoxy) is 1. The summed E-state index contributed by atoms with van der Waals surface area (Å²) in [5, 5.41) is 9.38. The maximum Gasteiger partial charge on any atom is 0.287 e. The van der Waals surface area contributed by atoms with Gasteiger partial charge in [0.25, 0.3) is 5.56 Å². The fourth-order valence-corrected chi connectivity index (χ4v) is 2.31. The van der Waals surface area contributed by atoms with Crippen LogP contribution in [0.4, 0.5) is 15.9 Å². The molecular formula is C16H13ClFN5O2. The molecule has 2 aromatic heterocycles. The van der Waals surface area contributed by atoms with Crippen molar-refractivity contribution in [2.75, 3.05) is 12.4 Å². The van der Waals surface area contributed by atoms with Crippen LogP contribution in [0.15, 0.2) is 35.3 Å². The normalized spacial score (nSPS) is 10.6. The first kappa shape index (κ1) is 16.8. The number of H-pyrrole nitrogens is 1. The van der Waals surface area contributed by atoms with Gasteiger partial charge in [0.1, 0.15) is 11.5 Å². The average Bonchev–Trinajstić information content (AvgIpc) is 2.60. The SMILES string of the molecule is COc1cnc(-c2cc(Cl)ccc2F)nc1Nc1cc(C)n[nH]c1=O. The number of anilines is 2. The number of rotatable bonds is 4. The fraction of sp³-hybridized carbons (Fsp3) is 0.125. The van der Waals surface area contributed by atoms with Crippen LogP contribution in [0.3, 0.4) is 0 Å². The summed E-state index contributed by atoms with van der Waals surface area (Å²) in [6.07, 6.45) is 1.38. The molecule has 0 saturated carbocycles. The van der Waals surface area contributed by atoms with Gasteiger partial charge in [-0.3, -0.25) is 4.79 Å². The van der Waals surface area contributed by atoms with Crippen molar-refractivity contribution < 1.29 is 9.13 Å². The molecule has 9 heteroatoms. The zero-order chi connectivity index (χ0) is 18.0. The Bertz CT molecular complexity index is 992. The molecule has 2 N–H and O–H groups in total. The number of nitrogens with one attached hydrogen (secondary N) is 2.